The van der Waals surface area contributed by atoms with E-state index in [9.17, 15) is 23.1 Å². The summed E-state index contributed by atoms with van der Waals surface area (Å²) < 4.78 is 42.0. The Balaban J connectivity index is 4.76. The van der Waals surface area contributed by atoms with Gasteiger partial charge in [-0.3, -0.25) is 4.79 Å². The van der Waals surface area contributed by atoms with E-state index < -0.39 is 34.4 Å². The Hall–Kier alpha value is -0.200. The lowest BCUT2D eigenvalue weighted by Gasteiger charge is -2.34. The first-order valence-corrected chi connectivity index (χ1v) is 6.41. The van der Waals surface area contributed by atoms with Gasteiger partial charge in [0.1, 0.15) is 0 Å². The molecule has 0 aliphatic rings. The minimum atomic E-state index is -4.84. The van der Waals surface area contributed by atoms with E-state index in [1.807, 2.05) is 0 Å². The van der Waals surface area contributed by atoms with Crippen molar-refractivity contribution in [1.82, 2.24) is 0 Å². The molecule has 0 fully saturated rings. The number of halogens is 5. The fraction of sp³-hybridized carbons (Fsp3) is 0.909. The third-order valence-corrected chi connectivity index (χ3v) is 3.40. The van der Waals surface area contributed by atoms with E-state index in [0.717, 1.165) is 0 Å². The lowest BCUT2D eigenvalue weighted by atomic mass is 9.82. The van der Waals surface area contributed by atoms with Gasteiger partial charge in [0.05, 0.1) is 13.0 Å². The number of ether oxygens (including phenoxy) is 1. The molecule has 1 N–H and O–H groups in total. The molecule has 0 radical (unpaired) electrons. The molecule has 2 atom stereocenters. The number of carbonyl (C=O) groups excluding carboxylic acids is 1. The molecule has 0 aromatic heterocycles. The first kappa shape index (κ1) is 18.8. The maximum atomic E-state index is 12.4. The minimum absolute atomic E-state index is 0.167. The number of rotatable bonds is 6. The number of hydrogen-bond donors (Lipinski definition) is 1. The fourth-order valence-electron chi connectivity index (χ4n) is 1.68. The van der Waals surface area contributed by atoms with E-state index in [1.54, 1.807) is 6.92 Å². The van der Waals surface area contributed by atoms with Crippen molar-refractivity contribution in [1.29, 1.82) is 0 Å². The van der Waals surface area contributed by atoms with Crippen molar-refractivity contribution in [2.75, 3.05) is 6.61 Å². The van der Waals surface area contributed by atoms with Gasteiger partial charge in [-0.2, -0.15) is 13.2 Å². The highest BCUT2D eigenvalue weighted by Gasteiger charge is 2.53. The van der Waals surface area contributed by atoms with Crippen molar-refractivity contribution in [3.63, 3.8) is 0 Å². The van der Waals surface area contributed by atoms with E-state index in [1.165, 1.54) is 13.8 Å². The fourth-order valence-corrected chi connectivity index (χ4v) is 2.24. The van der Waals surface area contributed by atoms with Crippen LogP contribution in [-0.4, -0.2) is 34.3 Å². The predicted molar refractivity (Wildman–Crippen MR) is 66.1 cm³/mol. The summed E-state index contributed by atoms with van der Waals surface area (Å²) >= 11 is 10.6. The highest BCUT2D eigenvalue weighted by atomic mass is 35.5. The van der Waals surface area contributed by atoms with E-state index in [-0.39, 0.29) is 13.0 Å². The lowest BCUT2D eigenvalue weighted by molar-refractivity contribution is -0.160. The molecule has 0 saturated heterocycles. The summed E-state index contributed by atoms with van der Waals surface area (Å²) in [6.45, 7) is 4.77. The maximum absolute atomic E-state index is 12.4. The highest BCUT2D eigenvalue weighted by molar-refractivity contribution is 6.32. The zero-order chi connectivity index (χ0) is 15.5. The van der Waals surface area contributed by atoms with Gasteiger partial charge in [-0.15, -0.1) is 11.6 Å². The molecule has 2 unspecified atom stereocenters. The number of carbonyl (C=O) groups is 1. The number of alkyl halides is 5. The van der Waals surface area contributed by atoms with Crippen LogP contribution in [0.3, 0.4) is 0 Å². The maximum Gasteiger partial charge on any atom is 0.408 e. The quantitative estimate of drug-likeness (QED) is 0.601. The molecular formula is C11H17Cl2F3O3. The van der Waals surface area contributed by atoms with Gasteiger partial charge in [0, 0.05) is 0 Å². The normalized spacial score (nSPS) is 17.7. The number of esters is 1. The van der Waals surface area contributed by atoms with Crippen LogP contribution in [0.5, 0.6) is 0 Å². The molecule has 0 bridgehead atoms. The van der Waals surface area contributed by atoms with Gasteiger partial charge in [-0.25, -0.2) is 0 Å². The van der Waals surface area contributed by atoms with Crippen LogP contribution in [0, 0.1) is 5.41 Å². The van der Waals surface area contributed by atoms with E-state index >= 15 is 0 Å². The van der Waals surface area contributed by atoms with Gasteiger partial charge >= 0.3 is 12.1 Å². The highest BCUT2D eigenvalue weighted by Crippen LogP contribution is 2.43. The second kappa shape index (κ2) is 6.50. The van der Waals surface area contributed by atoms with Crippen LogP contribution in [0.4, 0.5) is 13.2 Å². The largest absolute Gasteiger partial charge is 0.466 e. The van der Waals surface area contributed by atoms with Crippen molar-refractivity contribution in [2.24, 2.45) is 5.41 Å². The Morgan fingerprint density at radius 1 is 1.37 bits per heavy atom. The summed E-state index contributed by atoms with van der Waals surface area (Å²) in [5.74, 6) is -0.571. The SMILES string of the molecule is CCOC(=O)CC(C)(C)CC(O)(Cl)C(Cl)C(F)(F)F. The van der Waals surface area contributed by atoms with Crippen molar-refractivity contribution >= 4 is 29.2 Å². The molecule has 0 aliphatic carbocycles. The Morgan fingerprint density at radius 2 is 1.84 bits per heavy atom. The summed E-state index contributed by atoms with van der Waals surface area (Å²) in [7, 11) is 0. The summed E-state index contributed by atoms with van der Waals surface area (Å²) in [5.41, 5.74) is -0.985. The minimum Gasteiger partial charge on any atom is -0.466 e. The van der Waals surface area contributed by atoms with E-state index in [0.29, 0.717) is 0 Å². The number of aliphatic hydroxyl groups is 1. The van der Waals surface area contributed by atoms with Crippen LogP contribution >= 0.6 is 23.2 Å². The number of hydrogen-bond acceptors (Lipinski definition) is 3. The summed E-state index contributed by atoms with van der Waals surface area (Å²) in [6.07, 6.45) is -5.51. The molecule has 0 aromatic rings. The Kier molecular flexibility index (Phi) is 6.43. The van der Waals surface area contributed by atoms with Crippen LogP contribution < -0.4 is 0 Å². The van der Waals surface area contributed by atoms with Crippen molar-refractivity contribution in [3.8, 4) is 0 Å². The zero-order valence-corrected chi connectivity index (χ0v) is 12.4. The molecule has 0 aliphatic heterocycles. The van der Waals surface area contributed by atoms with Crippen LogP contribution in [0.1, 0.15) is 33.6 Å². The average Bonchev–Trinajstić information content (AvgIpc) is 2.12. The molecule has 0 spiro atoms. The molecule has 0 heterocycles. The van der Waals surface area contributed by atoms with Crippen LogP contribution in [-0.2, 0) is 9.53 Å². The summed E-state index contributed by atoms with van der Waals surface area (Å²) in [4.78, 5) is 11.3. The van der Waals surface area contributed by atoms with E-state index in [2.05, 4.69) is 0 Å². The van der Waals surface area contributed by atoms with Gasteiger partial charge in [-0.05, 0) is 18.8 Å². The van der Waals surface area contributed by atoms with Crippen molar-refractivity contribution < 1.29 is 27.8 Å². The van der Waals surface area contributed by atoms with Crippen LogP contribution in [0.15, 0.2) is 0 Å². The van der Waals surface area contributed by atoms with Crippen molar-refractivity contribution in [3.05, 3.63) is 0 Å². The van der Waals surface area contributed by atoms with Crippen LogP contribution in [0.25, 0.3) is 0 Å². The first-order valence-electron chi connectivity index (χ1n) is 5.59. The Morgan fingerprint density at radius 3 is 2.21 bits per heavy atom. The standard InChI is InChI=1S/C11H17Cl2F3O3/c1-4-19-7(17)5-9(2,3)6-10(13,18)8(12)11(14,15)16/h8,18H,4-6H2,1-3H3. The molecule has 0 rings (SSSR count). The zero-order valence-electron chi connectivity index (χ0n) is 10.9. The first-order chi connectivity index (χ1) is 8.32. The van der Waals surface area contributed by atoms with Gasteiger partial charge in [0.25, 0.3) is 0 Å². The predicted octanol–water partition coefficient (Wildman–Crippen LogP) is 3.45. The average molecular weight is 325 g/mol. The topological polar surface area (TPSA) is 46.5 Å². The van der Waals surface area contributed by atoms with Gasteiger partial charge < -0.3 is 9.84 Å². The monoisotopic (exact) mass is 324 g/mol. The van der Waals surface area contributed by atoms with Gasteiger partial charge in [0.15, 0.2) is 10.4 Å². The molecule has 0 amide bonds. The summed E-state index contributed by atoms with van der Waals surface area (Å²) in [6, 6.07) is 0. The lowest BCUT2D eigenvalue weighted by Crippen LogP contribution is -2.46. The smallest absolute Gasteiger partial charge is 0.408 e. The molecule has 114 valence electrons. The third-order valence-electron chi connectivity index (χ3n) is 2.33. The molecule has 8 heteroatoms. The molecule has 19 heavy (non-hydrogen) atoms. The van der Waals surface area contributed by atoms with Gasteiger partial charge in [-0.1, -0.05) is 25.4 Å². The Bertz CT molecular complexity index is 317. The second-order valence-electron chi connectivity index (χ2n) is 5.05. The third kappa shape index (κ3) is 6.68. The van der Waals surface area contributed by atoms with Crippen LogP contribution in [0.2, 0.25) is 0 Å². The summed E-state index contributed by atoms with van der Waals surface area (Å²) in [5, 5.41) is 4.35. The molecule has 3 nitrogen and oxygen atoms in total. The van der Waals surface area contributed by atoms with E-state index in [4.69, 9.17) is 27.9 Å². The van der Waals surface area contributed by atoms with Gasteiger partial charge in [0.2, 0.25) is 0 Å². The van der Waals surface area contributed by atoms with Crippen molar-refractivity contribution in [2.45, 2.75) is 50.2 Å². The molecular weight excluding hydrogens is 308 g/mol. The molecule has 0 saturated carbocycles. The molecule has 0 aromatic carbocycles. The Labute approximate surface area is 120 Å². The second-order valence-corrected chi connectivity index (χ2v) is 6.14.